The summed E-state index contributed by atoms with van der Waals surface area (Å²) in [5.41, 5.74) is 0. The topological polar surface area (TPSA) is 18.5 Å². The Hall–Kier alpha value is -1.90. The minimum absolute atomic E-state index is 0.443. The van der Waals surface area contributed by atoms with Crippen LogP contribution in [0.2, 0.25) is 10.0 Å². The van der Waals surface area contributed by atoms with Crippen LogP contribution in [-0.2, 0) is 0 Å². The van der Waals surface area contributed by atoms with Crippen LogP contribution in [0.1, 0.15) is 0 Å². The highest BCUT2D eigenvalue weighted by atomic mass is 35.5. The Kier molecular flexibility index (Phi) is 2.56. The molecule has 0 aromatic heterocycles. The van der Waals surface area contributed by atoms with Crippen molar-refractivity contribution in [3.8, 4) is 23.0 Å². The van der Waals surface area contributed by atoms with Gasteiger partial charge in [0.05, 0.1) is 10.0 Å². The first kappa shape index (κ1) is 11.9. The zero-order valence-corrected chi connectivity index (χ0v) is 11.7. The van der Waals surface area contributed by atoms with E-state index in [9.17, 15) is 0 Å². The van der Waals surface area contributed by atoms with Gasteiger partial charge in [-0.1, -0.05) is 47.5 Å². The molecule has 20 heavy (non-hydrogen) atoms. The van der Waals surface area contributed by atoms with E-state index in [0.717, 1.165) is 10.8 Å². The molecule has 3 aromatic carbocycles. The smallest absolute Gasteiger partial charge is 0.171 e. The van der Waals surface area contributed by atoms with Gasteiger partial charge in [0.1, 0.15) is 0 Å². The van der Waals surface area contributed by atoms with Gasteiger partial charge in [-0.15, -0.1) is 0 Å². The fraction of sp³-hybridized carbons (Fsp3) is 0. The summed E-state index contributed by atoms with van der Waals surface area (Å²) in [7, 11) is 0. The maximum Gasteiger partial charge on any atom is 0.171 e. The maximum atomic E-state index is 6.00. The molecule has 0 spiro atoms. The summed E-state index contributed by atoms with van der Waals surface area (Å²) >= 11 is 12.0. The Morgan fingerprint density at radius 3 is 1.45 bits per heavy atom. The van der Waals surface area contributed by atoms with Gasteiger partial charge in [-0.25, -0.2) is 0 Å². The largest absolute Gasteiger partial charge is 0.449 e. The normalized spacial score (nSPS) is 12.3. The van der Waals surface area contributed by atoms with Crippen LogP contribution in [0.15, 0.2) is 48.5 Å². The van der Waals surface area contributed by atoms with Crippen LogP contribution in [0, 0.1) is 0 Å². The average Bonchev–Trinajstić information content (AvgIpc) is 2.44. The van der Waals surface area contributed by atoms with Crippen molar-refractivity contribution < 1.29 is 9.47 Å². The quantitative estimate of drug-likeness (QED) is 0.394. The molecule has 2 nitrogen and oxygen atoms in total. The number of halogens is 2. The summed E-state index contributed by atoms with van der Waals surface area (Å²) in [6, 6.07) is 15.3. The van der Waals surface area contributed by atoms with Crippen molar-refractivity contribution in [2.45, 2.75) is 0 Å². The predicted octanol–water partition coefficient (Wildman–Crippen LogP) is 6.04. The second-order valence-corrected chi connectivity index (χ2v) is 5.38. The molecule has 4 rings (SSSR count). The third kappa shape index (κ3) is 1.80. The van der Waals surface area contributed by atoms with E-state index >= 15 is 0 Å². The summed E-state index contributed by atoms with van der Waals surface area (Å²) in [5, 5.41) is 3.08. The SMILES string of the molecule is Clc1cc2c(cc1Cl)Oc1cc3ccccc3cc1O2. The minimum atomic E-state index is 0.443. The molecule has 0 unspecified atom stereocenters. The molecular weight excluding hydrogens is 295 g/mol. The van der Waals surface area contributed by atoms with Crippen LogP contribution in [0.4, 0.5) is 0 Å². The van der Waals surface area contributed by atoms with Crippen LogP contribution >= 0.6 is 23.2 Å². The molecular formula is C16H8Cl2O2. The number of ether oxygens (including phenoxy) is 2. The van der Waals surface area contributed by atoms with Gasteiger partial charge in [0.15, 0.2) is 23.0 Å². The van der Waals surface area contributed by atoms with E-state index in [4.69, 9.17) is 32.7 Å². The predicted molar refractivity (Wildman–Crippen MR) is 80.6 cm³/mol. The lowest BCUT2D eigenvalue weighted by atomic mass is 10.1. The zero-order valence-electron chi connectivity index (χ0n) is 10.2. The fourth-order valence-corrected chi connectivity index (χ4v) is 2.57. The van der Waals surface area contributed by atoms with E-state index in [1.165, 1.54) is 0 Å². The van der Waals surface area contributed by atoms with E-state index in [2.05, 4.69) is 0 Å². The molecule has 98 valence electrons. The highest BCUT2D eigenvalue weighted by molar-refractivity contribution is 6.42. The van der Waals surface area contributed by atoms with Crippen LogP contribution in [0.25, 0.3) is 10.8 Å². The number of benzene rings is 3. The molecule has 0 atom stereocenters. The van der Waals surface area contributed by atoms with E-state index in [1.807, 2.05) is 36.4 Å². The second kappa shape index (κ2) is 4.30. The van der Waals surface area contributed by atoms with Gasteiger partial charge in [0.25, 0.3) is 0 Å². The minimum Gasteiger partial charge on any atom is -0.449 e. The Morgan fingerprint density at radius 2 is 1.00 bits per heavy atom. The first-order valence-corrected chi connectivity index (χ1v) is 6.84. The summed E-state index contributed by atoms with van der Waals surface area (Å²) < 4.78 is 11.7. The van der Waals surface area contributed by atoms with Crippen molar-refractivity contribution in [1.82, 2.24) is 0 Å². The summed E-state index contributed by atoms with van der Waals surface area (Å²) in [4.78, 5) is 0. The summed E-state index contributed by atoms with van der Waals surface area (Å²) in [6.07, 6.45) is 0. The van der Waals surface area contributed by atoms with Gasteiger partial charge in [-0.2, -0.15) is 0 Å². The molecule has 0 saturated carbocycles. The third-order valence-electron chi connectivity index (χ3n) is 3.24. The van der Waals surface area contributed by atoms with Gasteiger partial charge >= 0.3 is 0 Å². The summed E-state index contributed by atoms with van der Waals surface area (Å²) in [5.74, 6) is 2.49. The lowest BCUT2D eigenvalue weighted by Gasteiger charge is -2.21. The molecule has 4 heteroatoms. The van der Waals surface area contributed by atoms with Crippen LogP contribution < -0.4 is 9.47 Å². The monoisotopic (exact) mass is 302 g/mol. The van der Waals surface area contributed by atoms with E-state index in [1.54, 1.807) is 12.1 Å². The average molecular weight is 303 g/mol. The Labute approximate surface area is 125 Å². The number of hydrogen-bond acceptors (Lipinski definition) is 2. The maximum absolute atomic E-state index is 6.00. The Balaban J connectivity index is 1.89. The van der Waals surface area contributed by atoms with Crippen molar-refractivity contribution in [3.05, 3.63) is 58.6 Å². The Bertz CT molecular complexity index is 774. The van der Waals surface area contributed by atoms with Gasteiger partial charge in [-0.05, 0) is 22.9 Å². The van der Waals surface area contributed by atoms with Gasteiger partial charge < -0.3 is 9.47 Å². The molecule has 0 amide bonds. The standard InChI is InChI=1S/C16H8Cl2O2/c17-11-7-15-16(8-12(11)18)20-14-6-10-4-2-1-3-9(10)5-13(14)19-15/h1-8H. The van der Waals surface area contributed by atoms with Crippen molar-refractivity contribution in [2.75, 3.05) is 0 Å². The number of fused-ring (bicyclic) bond motifs is 3. The van der Waals surface area contributed by atoms with Crippen LogP contribution in [-0.4, -0.2) is 0 Å². The third-order valence-corrected chi connectivity index (χ3v) is 3.96. The highest BCUT2D eigenvalue weighted by Crippen LogP contribution is 2.48. The first-order chi connectivity index (χ1) is 9.70. The van der Waals surface area contributed by atoms with E-state index in [0.29, 0.717) is 33.0 Å². The highest BCUT2D eigenvalue weighted by Gasteiger charge is 2.21. The molecule has 1 aliphatic rings. The lowest BCUT2D eigenvalue weighted by Crippen LogP contribution is -1.99. The van der Waals surface area contributed by atoms with Gasteiger partial charge in [0.2, 0.25) is 0 Å². The van der Waals surface area contributed by atoms with Crippen LogP contribution in [0.3, 0.4) is 0 Å². The first-order valence-electron chi connectivity index (χ1n) is 6.08. The molecule has 0 N–H and O–H groups in total. The van der Waals surface area contributed by atoms with Crippen molar-refractivity contribution >= 4 is 34.0 Å². The van der Waals surface area contributed by atoms with Crippen LogP contribution in [0.5, 0.6) is 23.0 Å². The Morgan fingerprint density at radius 1 is 0.600 bits per heavy atom. The van der Waals surface area contributed by atoms with Gasteiger partial charge in [-0.3, -0.25) is 0 Å². The number of hydrogen-bond donors (Lipinski definition) is 0. The van der Waals surface area contributed by atoms with Crippen molar-refractivity contribution in [3.63, 3.8) is 0 Å². The van der Waals surface area contributed by atoms with E-state index in [-0.39, 0.29) is 0 Å². The van der Waals surface area contributed by atoms with Gasteiger partial charge in [0, 0.05) is 12.1 Å². The fourth-order valence-electron chi connectivity index (χ4n) is 2.26. The zero-order chi connectivity index (χ0) is 13.7. The van der Waals surface area contributed by atoms with Crippen molar-refractivity contribution in [2.24, 2.45) is 0 Å². The molecule has 0 aliphatic carbocycles. The second-order valence-electron chi connectivity index (χ2n) is 4.56. The summed E-state index contributed by atoms with van der Waals surface area (Å²) in [6.45, 7) is 0. The molecule has 0 bridgehead atoms. The molecule has 1 aliphatic heterocycles. The van der Waals surface area contributed by atoms with Crippen molar-refractivity contribution in [1.29, 1.82) is 0 Å². The molecule has 3 aromatic rings. The molecule has 0 fully saturated rings. The van der Waals surface area contributed by atoms with E-state index < -0.39 is 0 Å². The molecule has 1 heterocycles. The number of rotatable bonds is 0. The molecule has 0 saturated heterocycles. The lowest BCUT2D eigenvalue weighted by molar-refractivity contribution is 0.360. The molecule has 0 radical (unpaired) electrons.